The summed E-state index contributed by atoms with van der Waals surface area (Å²) in [6.45, 7) is 2.86. The molecule has 23 heavy (non-hydrogen) atoms. The Kier molecular flexibility index (Phi) is 3.92. The molecule has 1 aliphatic heterocycles. The van der Waals surface area contributed by atoms with Crippen LogP contribution in [-0.2, 0) is 4.74 Å². The van der Waals surface area contributed by atoms with E-state index in [0.29, 0.717) is 17.0 Å². The number of rotatable bonds is 4. The van der Waals surface area contributed by atoms with Crippen molar-refractivity contribution < 1.29 is 4.74 Å². The molecule has 3 aromatic rings. The van der Waals surface area contributed by atoms with Crippen molar-refractivity contribution in [3.05, 3.63) is 34.0 Å². The first-order chi connectivity index (χ1) is 11.2. The maximum Gasteiger partial charge on any atom is 0.226 e. The normalized spacial score (nSPS) is 19.3. The van der Waals surface area contributed by atoms with Gasteiger partial charge in [0.1, 0.15) is 6.23 Å². The molecule has 0 aliphatic carbocycles. The second-order valence-corrected chi connectivity index (χ2v) is 6.83. The van der Waals surface area contributed by atoms with Gasteiger partial charge in [0.15, 0.2) is 17.0 Å². The second kappa shape index (κ2) is 6.07. The lowest BCUT2D eigenvalue weighted by Crippen LogP contribution is -2.09. The number of imidazole rings is 1. The van der Waals surface area contributed by atoms with Crippen LogP contribution >= 0.6 is 22.9 Å². The number of nitrogens with one attached hydrogen (secondary N) is 1. The average molecular weight is 350 g/mol. The van der Waals surface area contributed by atoms with Gasteiger partial charge in [-0.25, -0.2) is 4.98 Å². The Bertz CT molecular complexity index is 813. The molecule has 0 spiro atoms. The summed E-state index contributed by atoms with van der Waals surface area (Å²) in [5, 5.41) is 5.65. The molecule has 2 unspecified atom stereocenters. The summed E-state index contributed by atoms with van der Waals surface area (Å²) in [5.41, 5.74) is 1.42. The molecule has 1 N–H and O–H groups in total. The van der Waals surface area contributed by atoms with Crippen molar-refractivity contribution in [1.29, 1.82) is 0 Å². The van der Waals surface area contributed by atoms with Crippen LogP contribution in [0.4, 0.5) is 5.82 Å². The number of ether oxygens (including phenoxy) is 1. The van der Waals surface area contributed by atoms with Crippen LogP contribution < -0.4 is 5.32 Å². The molecular weight excluding hydrogens is 334 g/mol. The minimum absolute atomic E-state index is 0.0199. The first-order valence-corrected chi connectivity index (χ1v) is 8.80. The third-order valence-corrected chi connectivity index (χ3v) is 5.16. The zero-order valence-electron chi connectivity index (χ0n) is 12.6. The fraction of sp³-hybridized carbons (Fsp3) is 0.400. The van der Waals surface area contributed by atoms with Gasteiger partial charge in [-0.15, -0.1) is 11.3 Å². The predicted molar refractivity (Wildman–Crippen MR) is 90.9 cm³/mol. The standard InChI is InChI=1S/C15H16ClN5OS/c1-9(10-4-3-7-23-10)18-13-12-14(20-15(16)19-13)21(8-17-12)11-5-2-6-22-11/h3-4,7-9,11H,2,5-6H2,1H3,(H,18,19,20). The molecule has 1 aliphatic rings. The van der Waals surface area contributed by atoms with Crippen LogP contribution in [0, 0.1) is 0 Å². The molecule has 0 aromatic carbocycles. The summed E-state index contributed by atoms with van der Waals surface area (Å²) in [5.74, 6) is 0.651. The summed E-state index contributed by atoms with van der Waals surface area (Å²) in [7, 11) is 0. The SMILES string of the molecule is CC(Nc1nc(Cl)nc2c1ncn2C1CCCO1)c1cccs1. The number of aromatic nitrogens is 4. The highest BCUT2D eigenvalue weighted by molar-refractivity contribution is 7.10. The molecule has 120 valence electrons. The van der Waals surface area contributed by atoms with E-state index in [1.165, 1.54) is 4.88 Å². The van der Waals surface area contributed by atoms with Crippen molar-refractivity contribution in [3.8, 4) is 0 Å². The zero-order valence-corrected chi connectivity index (χ0v) is 14.1. The van der Waals surface area contributed by atoms with Gasteiger partial charge in [0.2, 0.25) is 5.28 Å². The van der Waals surface area contributed by atoms with Gasteiger partial charge < -0.3 is 10.1 Å². The fourth-order valence-electron chi connectivity index (χ4n) is 2.80. The molecule has 4 rings (SSSR count). The van der Waals surface area contributed by atoms with Crippen molar-refractivity contribution in [2.24, 2.45) is 0 Å². The molecule has 1 fully saturated rings. The van der Waals surface area contributed by atoms with Gasteiger partial charge in [-0.2, -0.15) is 9.97 Å². The van der Waals surface area contributed by atoms with E-state index in [0.717, 1.165) is 19.4 Å². The number of nitrogens with zero attached hydrogens (tertiary/aromatic N) is 4. The fourth-order valence-corrected chi connectivity index (χ4v) is 3.69. The first kappa shape index (κ1) is 14.9. The molecular formula is C15H16ClN5OS. The first-order valence-electron chi connectivity index (χ1n) is 7.54. The smallest absolute Gasteiger partial charge is 0.226 e. The summed E-state index contributed by atoms with van der Waals surface area (Å²) >= 11 is 7.83. The highest BCUT2D eigenvalue weighted by Crippen LogP contribution is 2.30. The van der Waals surface area contributed by atoms with Crippen LogP contribution in [0.25, 0.3) is 11.2 Å². The highest BCUT2D eigenvalue weighted by Gasteiger charge is 2.22. The lowest BCUT2D eigenvalue weighted by Gasteiger charge is -2.14. The van der Waals surface area contributed by atoms with Gasteiger partial charge in [0.05, 0.1) is 12.4 Å². The van der Waals surface area contributed by atoms with Crippen LogP contribution in [0.3, 0.4) is 0 Å². The molecule has 8 heteroatoms. The van der Waals surface area contributed by atoms with Crippen LogP contribution in [0.1, 0.15) is 36.9 Å². The Morgan fingerprint density at radius 3 is 3.13 bits per heavy atom. The molecule has 3 aromatic heterocycles. The van der Waals surface area contributed by atoms with Crippen molar-refractivity contribution in [2.45, 2.75) is 32.0 Å². The zero-order chi connectivity index (χ0) is 15.8. The van der Waals surface area contributed by atoms with Crippen molar-refractivity contribution >= 4 is 39.9 Å². The quantitative estimate of drug-likeness (QED) is 0.720. The number of anilines is 1. The number of thiophene rings is 1. The molecule has 6 nitrogen and oxygen atoms in total. The van der Waals surface area contributed by atoms with Gasteiger partial charge >= 0.3 is 0 Å². The third-order valence-electron chi connectivity index (χ3n) is 3.93. The van der Waals surface area contributed by atoms with E-state index in [1.807, 2.05) is 10.6 Å². The minimum atomic E-state index is -0.0199. The van der Waals surface area contributed by atoms with E-state index in [1.54, 1.807) is 17.7 Å². The maximum absolute atomic E-state index is 6.13. The topological polar surface area (TPSA) is 64.9 Å². The number of fused-ring (bicyclic) bond motifs is 1. The van der Waals surface area contributed by atoms with Crippen LogP contribution in [0.5, 0.6) is 0 Å². The monoisotopic (exact) mass is 349 g/mol. The van der Waals surface area contributed by atoms with E-state index < -0.39 is 0 Å². The second-order valence-electron chi connectivity index (χ2n) is 5.51. The van der Waals surface area contributed by atoms with Crippen LogP contribution in [0.15, 0.2) is 23.8 Å². The predicted octanol–water partition coefficient (Wildman–Crippen LogP) is 4.02. The highest BCUT2D eigenvalue weighted by atomic mass is 35.5. The summed E-state index contributed by atoms with van der Waals surface area (Å²) in [6.07, 6.45) is 3.74. The van der Waals surface area contributed by atoms with Gasteiger partial charge in [-0.3, -0.25) is 4.57 Å². The molecule has 1 saturated heterocycles. The van der Waals surface area contributed by atoms with Crippen molar-refractivity contribution in [2.75, 3.05) is 11.9 Å². The third kappa shape index (κ3) is 2.80. The molecule has 0 bridgehead atoms. The summed E-state index contributed by atoms with van der Waals surface area (Å²) < 4.78 is 7.67. The Morgan fingerprint density at radius 1 is 1.48 bits per heavy atom. The van der Waals surface area contributed by atoms with Gasteiger partial charge in [-0.05, 0) is 42.8 Å². The summed E-state index contributed by atoms with van der Waals surface area (Å²) in [6, 6.07) is 4.25. The van der Waals surface area contributed by atoms with E-state index in [9.17, 15) is 0 Å². The molecule has 4 heterocycles. The van der Waals surface area contributed by atoms with E-state index in [4.69, 9.17) is 16.3 Å². The van der Waals surface area contributed by atoms with E-state index in [2.05, 4.69) is 38.6 Å². The minimum Gasteiger partial charge on any atom is -0.361 e. The molecule has 0 radical (unpaired) electrons. The van der Waals surface area contributed by atoms with Crippen molar-refractivity contribution in [3.63, 3.8) is 0 Å². The summed E-state index contributed by atoms with van der Waals surface area (Å²) in [4.78, 5) is 14.4. The molecule has 0 amide bonds. The van der Waals surface area contributed by atoms with Crippen molar-refractivity contribution in [1.82, 2.24) is 19.5 Å². The van der Waals surface area contributed by atoms with Crippen LogP contribution in [0.2, 0.25) is 5.28 Å². The molecule has 0 saturated carbocycles. The largest absolute Gasteiger partial charge is 0.361 e. The Hall–Kier alpha value is -1.70. The van der Waals surface area contributed by atoms with E-state index in [-0.39, 0.29) is 17.6 Å². The Morgan fingerprint density at radius 2 is 2.39 bits per heavy atom. The number of hydrogen-bond donors (Lipinski definition) is 1. The Balaban J connectivity index is 1.72. The lowest BCUT2D eigenvalue weighted by molar-refractivity contribution is 0.0593. The number of halogens is 1. The molecule has 2 atom stereocenters. The van der Waals surface area contributed by atoms with Crippen LogP contribution in [-0.4, -0.2) is 26.1 Å². The number of hydrogen-bond acceptors (Lipinski definition) is 6. The van der Waals surface area contributed by atoms with E-state index >= 15 is 0 Å². The van der Waals surface area contributed by atoms with Gasteiger partial charge in [-0.1, -0.05) is 6.07 Å². The Labute approximate surface area is 142 Å². The maximum atomic E-state index is 6.13. The average Bonchev–Trinajstić information content (AvgIpc) is 3.27. The van der Waals surface area contributed by atoms with Gasteiger partial charge in [0, 0.05) is 11.5 Å². The lowest BCUT2D eigenvalue weighted by atomic mass is 10.2. The van der Waals surface area contributed by atoms with Gasteiger partial charge in [0.25, 0.3) is 0 Å².